The maximum absolute atomic E-state index is 5.89. The van der Waals surface area contributed by atoms with Gasteiger partial charge in [-0.25, -0.2) is 9.67 Å². The molecule has 2 heterocycles. The summed E-state index contributed by atoms with van der Waals surface area (Å²) in [5, 5.41) is 8.09. The molecule has 0 radical (unpaired) electrons. The number of aromatic nitrogens is 5. The quantitative estimate of drug-likeness (QED) is 0.890. The van der Waals surface area contributed by atoms with Crippen molar-refractivity contribution >= 4 is 5.82 Å². The second-order valence-electron chi connectivity index (χ2n) is 5.46. The highest BCUT2D eigenvalue weighted by Crippen LogP contribution is 2.25. The molecular weight excluding hydrogens is 228 g/mol. The van der Waals surface area contributed by atoms with Gasteiger partial charge >= 0.3 is 0 Å². The van der Waals surface area contributed by atoms with Gasteiger partial charge in [0.15, 0.2) is 5.82 Å². The molecule has 0 aliphatic carbocycles. The molecule has 0 spiro atoms. The van der Waals surface area contributed by atoms with E-state index in [0.717, 1.165) is 24.6 Å². The van der Waals surface area contributed by atoms with Crippen LogP contribution in [0.5, 0.6) is 0 Å². The molecule has 0 unspecified atom stereocenters. The first kappa shape index (κ1) is 12.6. The molecule has 0 amide bonds. The van der Waals surface area contributed by atoms with Gasteiger partial charge in [0.1, 0.15) is 5.82 Å². The number of hydrogen-bond acceptors (Lipinski definition) is 4. The van der Waals surface area contributed by atoms with Crippen molar-refractivity contribution < 1.29 is 0 Å². The third kappa shape index (κ3) is 2.37. The largest absolute Gasteiger partial charge is 0.381 e. The average Bonchev–Trinajstić information content (AvgIpc) is 2.81. The summed E-state index contributed by atoms with van der Waals surface area (Å²) in [6.45, 7) is 9.88. The monoisotopic (exact) mass is 248 g/mol. The van der Waals surface area contributed by atoms with Crippen molar-refractivity contribution in [3.8, 4) is 0 Å². The summed E-state index contributed by atoms with van der Waals surface area (Å²) in [5.41, 5.74) is 6.82. The fourth-order valence-electron chi connectivity index (χ4n) is 2.10. The van der Waals surface area contributed by atoms with Crippen LogP contribution in [0.2, 0.25) is 0 Å². The Bertz CT molecular complexity index is 531. The lowest BCUT2D eigenvalue weighted by Gasteiger charge is -2.20. The molecule has 6 heteroatoms. The number of rotatable bonds is 3. The van der Waals surface area contributed by atoms with Crippen LogP contribution in [-0.4, -0.2) is 24.5 Å². The number of hydrogen-bond donors (Lipinski definition) is 1. The number of nitrogen functional groups attached to an aromatic ring is 1. The van der Waals surface area contributed by atoms with E-state index in [1.54, 1.807) is 6.20 Å². The topological polar surface area (TPSA) is 74.5 Å². The summed E-state index contributed by atoms with van der Waals surface area (Å²) in [4.78, 5) is 4.20. The summed E-state index contributed by atoms with van der Waals surface area (Å²) >= 11 is 0. The van der Waals surface area contributed by atoms with Crippen LogP contribution in [0.25, 0.3) is 0 Å². The zero-order valence-corrected chi connectivity index (χ0v) is 11.4. The molecule has 98 valence electrons. The molecule has 0 bridgehead atoms. The van der Waals surface area contributed by atoms with E-state index in [2.05, 4.69) is 40.6 Å². The normalized spacial score (nSPS) is 12.0. The minimum absolute atomic E-state index is 0.0580. The summed E-state index contributed by atoms with van der Waals surface area (Å²) in [7, 11) is 0. The van der Waals surface area contributed by atoms with Gasteiger partial charge in [-0.3, -0.25) is 0 Å². The zero-order chi connectivity index (χ0) is 13.3. The third-order valence-corrected chi connectivity index (χ3v) is 2.95. The van der Waals surface area contributed by atoms with Gasteiger partial charge in [-0.15, -0.1) is 5.10 Å². The summed E-state index contributed by atoms with van der Waals surface area (Å²) in [6, 6.07) is 0. The SMILES string of the molecule is Cc1nccn1CCn1nnc(N)c1C(C)(C)C. The highest BCUT2D eigenvalue weighted by molar-refractivity contribution is 5.37. The van der Waals surface area contributed by atoms with Crippen LogP contribution in [-0.2, 0) is 18.5 Å². The van der Waals surface area contributed by atoms with E-state index in [1.807, 2.05) is 17.8 Å². The Hall–Kier alpha value is -1.85. The Morgan fingerprint density at radius 2 is 2.00 bits per heavy atom. The molecule has 2 aromatic rings. The molecule has 0 aliphatic heterocycles. The maximum Gasteiger partial charge on any atom is 0.169 e. The molecule has 2 N–H and O–H groups in total. The van der Waals surface area contributed by atoms with Gasteiger partial charge in [-0.2, -0.15) is 0 Å². The molecular formula is C12H20N6. The molecule has 0 aliphatic rings. The summed E-state index contributed by atoms with van der Waals surface area (Å²) in [6.07, 6.45) is 3.77. The first-order chi connectivity index (χ1) is 8.39. The van der Waals surface area contributed by atoms with E-state index >= 15 is 0 Å². The summed E-state index contributed by atoms with van der Waals surface area (Å²) in [5.74, 6) is 1.52. The minimum atomic E-state index is -0.0580. The van der Waals surface area contributed by atoms with E-state index in [9.17, 15) is 0 Å². The van der Waals surface area contributed by atoms with Crippen LogP contribution in [0.15, 0.2) is 12.4 Å². The molecule has 2 aromatic heterocycles. The second kappa shape index (κ2) is 4.44. The fourth-order valence-corrected chi connectivity index (χ4v) is 2.10. The Morgan fingerprint density at radius 3 is 2.56 bits per heavy atom. The fraction of sp³-hybridized carbons (Fsp3) is 0.583. The Kier molecular flexibility index (Phi) is 3.11. The lowest BCUT2D eigenvalue weighted by molar-refractivity contribution is 0.450. The van der Waals surface area contributed by atoms with Gasteiger partial charge in [0.05, 0.1) is 12.2 Å². The van der Waals surface area contributed by atoms with Crippen molar-refractivity contribution in [2.24, 2.45) is 0 Å². The Balaban J connectivity index is 2.18. The predicted octanol–water partition coefficient (Wildman–Crippen LogP) is 1.36. The van der Waals surface area contributed by atoms with Crippen LogP contribution < -0.4 is 5.73 Å². The number of imidazole rings is 1. The van der Waals surface area contributed by atoms with Crippen molar-refractivity contribution in [3.05, 3.63) is 23.9 Å². The smallest absolute Gasteiger partial charge is 0.169 e. The van der Waals surface area contributed by atoms with Crippen molar-refractivity contribution in [1.29, 1.82) is 0 Å². The number of aryl methyl sites for hydroxylation is 3. The average molecular weight is 248 g/mol. The van der Waals surface area contributed by atoms with E-state index in [1.165, 1.54) is 0 Å². The van der Waals surface area contributed by atoms with Gasteiger partial charge in [-0.1, -0.05) is 26.0 Å². The van der Waals surface area contributed by atoms with Crippen molar-refractivity contribution in [1.82, 2.24) is 24.5 Å². The Labute approximate surface area is 107 Å². The van der Waals surface area contributed by atoms with E-state index in [0.29, 0.717) is 5.82 Å². The first-order valence-corrected chi connectivity index (χ1v) is 6.07. The van der Waals surface area contributed by atoms with Gasteiger partial charge in [0.2, 0.25) is 0 Å². The Morgan fingerprint density at radius 1 is 1.28 bits per heavy atom. The number of nitrogens with two attached hydrogens (primary N) is 1. The molecule has 0 fully saturated rings. The molecule has 0 saturated heterocycles. The predicted molar refractivity (Wildman–Crippen MR) is 70.1 cm³/mol. The third-order valence-electron chi connectivity index (χ3n) is 2.95. The lowest BCUT2D eigenvalue weighted by Crippen LogP contribution is -2.21. The van der Waals surface area contributed by atoms with Crippen LogP contribution in [0.1, 0.15) is 32.3 Å². The maximum atomic E-state index is 5.89. The molecule has 0 atom stereocenters. The minimum Gasteiger partial charge on any atom is -0.381 e. The van der Waals surface area contributed by atoms with Crippen molar-refractivity contribution in [2.45, 2.75) is 46.2 Å². The number of nitrogens with zero attached hydrogens (tertiary/aromatic N) is 5. The van der Waals surface area contributed by atoms with Crippen molar-refractivity contribution in [3.63, 3.8) is 0 Å². The highest BCUT2D eigenvalue weighted by Gasteiger charge is 2.23. The van der Waals surface area contributed by atoms with Gasteiger partial charge in [-0.05, 0) is 6.92 Å². The van der Waals surface area contributed by atoms with Crippen LogP contribution in [0.3, 0.4) is 0 Å². The molecule has 2 rings (SSSR count). The van der Waals surface area contributed by atoms with Crippen LogP contribution >= 0.6 is 0 Å². The highest BCUT2D eigenvalue weighted by atomic mass is 15.4. The van der Waals surface area contributed by atoms with Crippen LogP contribution in [0, 0.1) is 6.92 Å². The lowest BCUT2D eigenvalue weighted by atomic mass is 9.92. The number of anilines is 1. The zero-order valence-electron chi connectivity index (χ0n) is 11.4. The first-order valence-electron chi connectivity index (χ1n) is 6.07. The standard InChI is InChI=1S/C12H20N6/c1-9-14-5-6-17(9)7-8-18-10(12(2,3)4)11(13)15-16-18/h5-6H,7-8,13H2,1-4H3. The molecule has 0 saturated carbocycles. The van der Waals surface area contributed by atoms with Gasteiger partial charge in [0, 0.05) is 24.4 Å². The van der Waals surface area contributed by atoms with Gasteiger partial charge in [0.25, 0.3) is 0 Å². The van der Waals surface area contributed by atoms with E-state index in [4.69, 9.17) is 5.73 Å². The van der Waals surface area contributed by atoms with E-state index < -0.39 is 0 Å². The van der Waals surface area contributed by atoms with E-state index in [-0.39, 0.29) is 5.41 Å². The molecule has 0 aromatic carbocycles. The van der Waals surface area contributed by atoms with Crippen LogP contribution in [0.4, 0.5) is 5.82 Å². The summed E-state index contributed by atoms with van der Waals surface area (Å²) < 4.78 is 3.97. The second-order valence-corrected chi connectivity index (χ2v) is 5.46. The molecule has 6 nitrogen and oxygen atoms in total. The molecule has 18 heavy (non-hydrogen) atoms. The van der Waals surface area contributed by atoms with Gasteiger partial charge < -0.3 is 10.3 Å². The van der Waals surface area contributed by atoms with Crippen molar-refractivity contribution in [2.75, 3.05) is 5.73 Å².